The number of nitrogens with one attached hydrogen (secondary N) is 1. The summed E-state index contributed by atoms with van der Waals surface area (Å²) in [5.74, 6) is 0.771. The molecule has 8 nitrogen and oxygen atoms in total. The molecule has 0 unspecified atom stereocenters. The van der Waals surface area contributed by atoms with Crippen LogP contribution in [0.15, 0.2) is 82.4 Å². The van der Waals surface area contributed by atoms with Crippen LogP contribution in [0.3, 0.4) is 0 Å². The number of ketones is 1. The third-order valence-electron chi connectivity index (χ3n) is 5.57. The van der Waals surface area contributed by atoms with Gasteiger partial charge in [0.25, 0.3) is 0 Å². The Labute approximate surface area is 218 Å². The number of rotatable bonds is 12. The molecule has 2 aromatic heterocycles. The number of thiazole rings is 1. The molecule has 0 aliphatic rings. The second-order valence-corrected chi connectivity index (χ2v) is 9.29. The topological polar surface area (TPSA) is 115 Å². The van der Waals surface area contributed by atoms with Crippen molar-refractivity contribution in [3.05, 3.63) is 100.0 Å². The molecule has 2 heterocycles. The van der Waals surface area contributed by atoms with E-state index >= 15 is 0 Å². The van der Waals surface area contributed by atoms with Crippen LogP contribution < -0.4 is 10.1 Å². The fraction of sp³-hybridized carbons (Fsp3) is 0.214. The van der Waals surface area contributed by atoms with Crippen molar-refractivity contribution < 1.29 is 23.8 Å². The largest absolute Gasteiger partial charge is 0.493 e. The molecule has 4 aromatic rings. The molecule has 0 aliphatic carbocycles. The molecule has 0 saturated carbocycles. The molecular weight excluding hydrogens is 490 g/mol. The predicted molar refractivity (Wildman–Crippen MR) is 141 cm³/mol. The van der Waals surface area contributed by atoms with Crippen LogP contribution in [0.4, 0.5) is 0 Å². The van der Waals surface area contributed by atoms with Crippen LogP contribution in [0, 0.1) is 6.92 Å². The number of carbonyl (C=O) groups excluding carboxylic acids is 1. The van der Waals surface area contributed by atoms with Gasteiger partial charge in [-0.1, -0.05) is 30.3 Å². The van der Waals surface area contributed by atoms with E-state index in [0.717, 1.165) is 22.6 Å². The van der Waals surface area contributed by atoms with Crippen molar-refractivity contribution in [3.8, 4) is 17.2 Å². The number of aryl methyl sites for hydroxylation is 1. The highest BCUT2D eigenvalue weighted by atomic mass is 32.1. The van der Waals surface area contributed by atoms with Gasteiger partial charge in [-0.15, -0.1) is 11.3 Å². The quantitative estimate of drug-likeness (QED) is 0.197. The Morgan fingerprint density at radius 1 is 1.16 bits per heavy atom. The summed E-state index contributed by atoms with van der Waals surface area (Å²) in [5, 5.41) is 14.6. The average molecular weight is 518 g/mol. The number of ether oxygens (including phenoxy) is 1. The van der Waals surface area contributed by atoms with Crippen LogP contribution in [-0.2, 0) is 17.6 Å². The lowest BCUT2D eigenvalue weighted by Crippen LogP contribution is -2.37. The highest BCUT2D eigenvalue weighted by Crippen LogP contribution is 2.22. The summed E-state index contributed by atoms with van der Waals surface area (Å²) >= 11 is 1.24. The first-order valence-corrected chi connectivity index (χ1v) is 12.6. The molecule has 190 valence electrons. The van der Waals surface area contributed by atoms with E-state index in [9.17, 15) is 14.7 Å². The van der Waals surface area contributed by atoms with Gasteiger partial charge in [0.2, 0.25) is 11.7 Å². The minimum atomic E-state index is -1.01. The van der Waals surface area contributed by atoms with Gasteiger partial charge in [-0.2, -0.15) is 0 Å². The summed E-state index contributed by atoms with van der Waals surface area (Å²) in [6.07, 6.45) is 3.76. The van der Waals surface area contributed by atoms with Crippen LogP contribution in [0.2, 0.25) is 0 Å². The third kappa shape index (κ3) is 7.14. The first-order valence-electron chi connectivity index (χ1n) is 11.7. The molecule has 0 bridgehead atoms. The van der Waals surface area contributed by atoms with Crippen molar-refractivity contribution in [3.63, 3.8) is 0 Å². The van der Waals surface area contributed by atoms with E-state index in [1.807, 2.05) is 61.5 Å². The third-order valence-corrected chi connectivity index (χ3v) is 6.36. The van der Waals surface area contributed by atoms with Crippen LogP contribution in [0.5, 0.6) is 5.75 Å². The molecule has 1 atom stereocenters. The van der Waals surface area contributed by atoms with Gasteiger partial charge in [0.05, 0.1) is 12.3 Å². The van der Waals surface area contributed by atoms with E-state index in [2.05, 4.69) is 15.3 Å². The van der Waals surface area contributed by atoms with E-state index in [4.69, 9.17) is 9.15 Å². The lowest BCUT2D eigenvalue weighted by atomic mass is 10.1. The minimum absolute atomic E-state index is 0.243. The summed E-state index contributed by atoms with van der Waals surface area (Å²) in [7, 11) is 0. The van der Waals surface area contributed by atoms with Crippen molar-refractivity contribution in [1.29, 1.82) is 0 Å². The first kappa shape index (κ1) is 25.8. The van der Waals surface area contributed by atoms with E-state index in [-0.39, 0.29) is 12.2 Å². The molecule has 0 aliphatic heterocycles. The van der Waals surface area contributed by atoms with Crippen LogP contribution in [0.1, 0.15) is 33.7 Å². The standard InChI is InChI=1S/C28H27N3O5S/c1-18(16-25(32)27-29-13-15-37-27)30-24(28(33)34)17-20-8-10-22(11-9-20)35-14-12-23-19(2)36-26(31-23)21-6-4-3-5-7-21/h3-11,13,15-16,24,30H,12,14,17H2,1-2H3,(H,33,34)/b18-16-/t24-/m0/s1. The number of hydrogen-bond donors (Lipinski definition) is 2. The number of carboxylic acids is 1. The normalized spacial score (nSPS) is 12.2. The van der Waals surface area contributed by atoms with Gasteiger partial charge in [0.15, 0.2) is 5.01 Å². The Hall–Kier alpha value is -4.24. The Balaban J connectivity index is 1.30. The van der Waals surface area contributed by atoms with Crippen molar-refractivity contribution in [1.82, 2.24) is 15.3 Å². The van der Waals surface area contributed by atoms with E-state index < -0.39 is 12.0 Å². The van der Waals surface area contributed by atoms with Crippen LogP contribution in [0.25, 0.3) is 11.5 Å². The number of allylic oxidation sites excluding steroid dienone is 2. The van der Waals surface area contributed by atoms with Crippen molar-refractivity contribution in [2.24, 2.45) is 0 Å². The zero-order chi connectivity index (χ0) is 26.2. The molecule has 2 aromatic carbocycles. The Morgan fingerprint density at radius 2 is 1.92 bits per heavy atom. The fourth-order valence-corrected chi connectivity index (χ4v) is 4.25. The number of hydrogen-bond acceptors (Lipinski definition) is 8. The molecule has 0 spiro atoms. The number of oxazole rings is 1. The fourth-order valence-electron chi connectivity index (χ4n) is 3.71. The molecule has 37 heavy (non-hydrogen) atoms. The highest BCUT2D eigenvalue weighted by Gasteiger charge is 2.19. The summed E-state index contributed by atoms with van der Waals surface area (Å²) < 4.78 is 11.7. The van der Waals surface area contributed by atoms with Gasteiger partial charge in [-0.05, 0) is 43.7 Å². The molecule has 0 fully saturated rings. The first-order chi connectivity index (χ1) is 17.9. The summed E-state index contributed by atoms with van der Waals surface area (Å²) in [6, 6.07) is 16.2. The Kier molecular flexibility index (Phi) is 8.48. The number of benzene rings is 2. The molecule has 9 heteroatoms. The van der Waals surface area contributed by atoms with Crippen molar-refractivity contribution in [2.45, 2.75) is 32.7 Å². The second kappa shape index (κ2) is 12.1. The lowest BCUT2D eigenvalue weighted by Gasteiger charge is -2.16. The monoisotopic (exact) mass is 517 g/mol. The van der Waals surface area contributed by atoms with Crippen molar-refractivity contribution >= 4 is 23.1 Å². The van der Waals surface area contributed by atoms with E-state index in [1.165, 1.54) is 17.4 Å². The maximum Gasteiger partial charge on any atom is 0.326 e. The van der Waals surface area contributed by atoms with Gasteiger partial charge < -0.3 is 19.6 Å². The molecule has 4 rings (SSSR count). The van der Waals surface area contributed by atoms with Crippen LogP contribution >= 0.6 is 11.3 Å². The molecular formula is C28H27N3O5S. The predicted octanol–water partition coefficient (Wildman–Crippen LogP) is 5.10. The number of carbonyl (C=O) groups is 2. The number of aromatic nitrogens is 2. The van der Waals surface area contributed by atoms with Crippen molar-refractivity contribution in [2.75, 3.05) is 6.61 Å². The zero-order valence-electron chi connectivity index (χ0n) is 20.5. The maximum atomic E-state index is 12.2. The van der Waals surface area contributed by atoms with Crippen LogP contribution in [-0.4, -0.2) is 39.5 Å². The van der Waals surface area contributed by atoms with Gasteiger partial charge in [-0.3, -0.25) is 4.79 Å². The molecule has 0 radical (unpaired) electrons. The Bertz CT molecular complexity index is 1360. The number of carboxylic acid groups (broad SMARTS) is 1. The van der Waals surface area contributed by atoms with Gasteiger partial charge >= 0.3 is 5.97 Å². The van der Waals surface area contributed by atoms with Gasteiger partial charge in [-0.25, -0.2) is 14.8 Å². The Morgan fingerprint density at radius 3 is 2.59 bits per heavy atom. The molecule has 0 amide bonds. The van der Waals surface area contributed by atoms with Gasteiger partial charge in [0.1, 0.15) is 17.6 Å². The second-order valence-electron chi connectivity index (χ2n) is 8.40. The smallest absolute Gasteiger partial charge is 0.326 e. The van der Waals surface area contributed by atoms with E-state index in [0.29, 0.717) is 35.4 Å². The number of nitrogens with zero attached hydrogens (tertiary/aromatic N) is 2. The van der Waals surface area contributed by atoms with E-state index in [1.54, 1.807) is 18.5 Å². The lowest BCUT2D eigenvalue weighted by molar-refractivity contribution is -0.139. The minimum Gasteiger partial charge on any atom is -0.493 e. The summed E-state index contributed by atoms with van der Waals surface area (Å²) in [6.45, 7) is 3.98. The average Bonchev–Trinajstić information content (AvgIpc) is 3.56. The highest BCUT2D eigenvalue weighted by molar-refractivity contribution is 7.11. The summed E-state index contributed by atoms with van der Waals surface area (Å²) in [4.78, 5) is 32.5. The summed E-state index contributed by atoms with van der Waals surface area (Å²) in [5.41, 5.74) is 3.07. The molecule has 0 saturated heterocycles. The SMILES string of the molecule is C/C(=C/C(=O)c1nccs1)N[C@@H](Cc1ccc(OCCc2nc(-c3ccccc3)oc2C)cc1)C(=O)O. The maximum absolute atomic E-state index is 12.2. The zero-order valence-corrected chi connectivity index (χ0v) is 21.3. The number of aliphatic carboxylic acids is 1. The van der Waals surface area contributed by atoms with Gasteiger partial charge in [0, 0.05) is 41.8 Å². The molecule has 2 N–H and O–H groups in total.